The van der Waals surface area contributed by atoms with Crippen molar-refractivity contribution in [1.82, 2.24) is 0 Å². The predicted octanol–water partition coefficient (Wildman–Crippen LogP) is 2.25. The summed E-state index contributed by atoms with van der Waals surface area (Å²) in [5, 5.41) is 20.3. The summed E-state index contributed by atoms with van der Waals surface area (Å²) < 4.78 is 10.7. The standard InChI is InChI=1S/C17H15NO6/c19-9-12-8-14-13(6-7-15(18(21)22)16(14)24-12)17(20)23-10-11-4-2-1-3-5-11/h1-7,12,19H,8-10H2. The van der Waals surface area contributed by atoms with Gasteiger partial charge in [0.05, 0.1) is 17.1 Å². The lowest BCUT2D eigenvalue weighted by Crippen LogP contribution is -2.17. The van der Waals surface area contributed by atoms with Gasteiger partial charge in [0, 0.05) is 18.1 Å². The van der Waals surface area contributed by atoms with Gasteiger partial charge in [0.15, 0.2) is 0 Å². The zero-order chi connectivity index (χ0) is 17.1. The molecule has 1 heterocycles. The Morgan fingerprint density at radius 1 is 1.29 bits per heavy atom. The maximum absolute atomic E-state index is 12.3. The van der Waals surface area contributed by atoms with Gasteiger partial charge < -0.3 is 14.6 Å². The second kappa shape index (κ2) is 6.67. The van der Waals surface area contributed by atoms with E-state index in [1.54, 1.807) is 0 Å². The van der Waals surface area contributed by atoms with Crippen LogP contribution in [0.4, 0.5) is 5.69 Å². The average Bonchev–Trinajstić information content (AvgIpc) is 3.03. The summed E-state index contributed by atoms with van der Waals surface area (Å²) in [5.41, 5.74) is 1.25. The fourth-order valence-corrected chi connectivity index (χ4v) is 2.62. The number of benzene rings is 2. The van der Waals surface area contributed by atoms with E-state index in [1.807, 2.05) is 30.3 Å². The van der Waals surface area contributed by atoms with Crippen LogP contribution in [0, 0.1) is 10.1 Å². The zero-order valence-corrected chi connectivity index (χ0v) is 12.7. The van der Waals surface area contributed by atoms with E-state index in [0.29, 0.717) is 5.56 Å². The van der Waals surface area contributed by atoms with Crippen LogP contribution in [0.3, 0.4) is 0 Å². The van der Waals surface area contributed by atoms with E-state index in [4.69, 9.17) is 9.47 Å². The van der Waals surface area contributed by atoms with Crippen molar-refractivity contribution in [3.8, 4) is 5.75 Å². The number of carbonyl (C=O) groups is 1. The Balaban J connectivity index is 1.85. The molecule has 24 heavy (non-hydrogen) atoms. The molecule has 0 aromatic heterocycles. The third-order valence-electron chi connectivity index (χ3n) is 3.79. The number of esters is 1. The Kier molecular flexibility index (Phi) is 4.43. The van der Waals surface area contributed by atoms with Gasteiger partial charge in [-0.15, -0.1) is 0 Å². The molecule has 0 fully saturated rings. The van der Waals surface area contributed by atoms with Gasteiger partial charge in [0.25, 0.3) is 0 Å². The molecule has 0 saturated heterocycles. The number of hydrogen-bond donors (Lipinski definition) is 1. The lowest BCUT2D eigenvalue weighted by molar-refractivity contribution is -0.385. The first-order chi connectivity index (χ1) is 11.6. The highest BCUT2D eigenvalue weighted by molar-refractivity contribution is 5.93. The SMILES string of the molecule is O=C(OCc1ccccc1)c1ccc([N+](=O)[O-])c2c1CC(CO)O2. The molecule has 1 aliphatic heterocycles. The van der Waals surface area contributed by atoms with Crippen LogP contribution in [-0.4, -0.2) is 28.7 Å². The van der Waals surface area contributed by atoms with Crippen LogP contribution in [-0.2, 0) is 17.8 Å². The highest BCUT2D eigenvalue weighted by Gasteiger charge is 2.34. The van der Waals surface area contributed by atoms with E-state index in [0.717, 1.165) is 5.56 Å². The summed E-state index contributed by atoms with van der Waals surface area (Å²) in [4.78, 5) is 22.9. The van der Waals surface area contributed by atoms with E-state index >= 15 is 0 Å². The minimum absolute atomic E-state index is 0.0354. The van der Waals surface area contributed by atoms with Gasteiger partial charge in [-0.1, -0.05) is 30.3 Å². The molecule has 7 nitrogen and oxygen atoms in total. The molecule has 0 amide bonds. The number of rotatable bonds is 5. The van der Waals surface area contributed by atoms with E-state index in [1.165, 1.54) is 12.1 Å². The fourth-order valence-electron chi connectivity index (χ4n) is 2.62. The van der Waals surface area contributed by atoms with Crippen molar-refractivity contribution < 1.29 is 24.3 Å². The largest absolute Gasteiger partial charge is 0.480 e. The summed E-state index contributed by atoms with van der Waals surface area (Å²) in [6.45, 7) is -0.180. The number of hydrogen-bond acceptors (Lipinski definition) is 6. The second-order valence-corrected chi connectivity index (χ2v) is 5.39. The van der Waals surface area contributed by atoms with Crippen LogP contribution in [0.1, 0.15) is 21.5 Å². The summed E-state index contributed by atoms with van der Waals surface area (Å²) in [7, 11) is 0. The maximum Gasteiger partial charge on any atom is 0.338 e. The first-order valence-electron chi connectivity index (χ1n) is 7.39. The highest BCUT2D eigenvalue weighted by Crippen LogP contribution is 2.40. The molecular weight excluding hydrogens is 314 g/mol. The summed E-state index contributed by atoms with van der Waals surface area (Å²) in [6.07, 6.45) is -0.370. The maximum atomic E-state index is 12.3. The van der Waals surface area contributed by atoms with Crippen molar-refractivity contribution >= 4 is 11.7 Å². The van der Waals surface area contributed by atoms with Crippen LogP contribution in [0.15, 0.2) is 42.5 Å². The van der Waals surface area contributed by atoms with Gasteiger partial charge in [-0.2, -0.15) is 0 Å². The monoisotopic (exact) mass is 329 g/mol. The van der Waals surface area contributed by atoms with Crippen molar-refractivity contribution in [2.75, 3.05) is 6.61 Å². The first kappa shape index (κ1) is 15.9. The highest BCUT2D eigenvalue weighted by atomic mass is 16.6. The molecule has 2 aromatic carbocycles. The molecule has 0 spiro atoms. The second-order valence-electron chi connectivity index (χ2n) is 5.39. The van der Waals surface area contributed by atoms with Crippen molar-refractivity contribution in [1.29, 1.82) is 0 Å². The molecule has 1 atom stereocenters. The number of nitro benzene ring substituents is 1. The van der Waals surface area contributed by atoms with Gasteiger partial charge in [-0.3, -0.25) is 10.1 Å². The van der Waals surface area contributed by atoms with Crippen LogP contribution >= 0.6 is 0 Å². The quantitative estimate of drug-likeness (QED) is 0.513. The van der Waals surface area contributed by atoms with Crippen molar-refractivity contribution in [3.05, 3.63) is 69.3 Å². The summed E-state index contributed by atoms with van der Waals surface area (Å²) >= 11 is 0. The van der Waals surface area contributed by atoms with Crippen LogP contribution in [0.5, 0.6) is 5.75 Å². The molecule has 7 heteroatoms. The van der Waals surface area contributed by atoms with Gasteiger partial charge in [0.1, 0.15) is 12.7 Å². The Bertz CT molecular complexity index is 774. The predicted molar refractivity (Wildman–Crippen MR) is 83.9 cm³/mol. The van der Waals surface area contributed by atoms with Gasteiger partial charge >= 0.3 is 11.7 Å². The van der Waals surface area contributed by atoms with Crippen molar-refractivity contribution in [2.24, 2.45) is 0 Å². The molecule has 0 aliphatic carbocycles. The van der Waals surface area contributed by atoms with E-state index in [2.05, 4.69) is 0 Å². The average molecular weight is 329 g/mol. The Morgan fingerprint density at radius 3 is 2.71 bits per heavy atom. The Hall–Kier alpha value is -2.93. The number of nitrogens with zero attached hydrogens (tertiary/aromatic N) is 1. The smallest absolute Gasteiger partial charge is 0.338 e. The van der Waals surface area contributed by atoms with Gasteiger partial charge in [-0.05, 0) is 11.6 Å². The summed E-state index contributed by atoms with van der Waals surface area (Å²) in [6, 6.07) is 11.8. The molecule has 2 aromatic rings. The molecule has 1 N–H and O–H groups in total. The molecule has 3 rings (SSSR count). The number of aliphatic hydroxyl groups is 1. The first-order valence-corrected chi connectivity index (χ1v) is 7.39. The van der Waals surface area contributed by atoms with Gasteiger partial charge in [0.2, 0.25) is 5.75 Å². The Morgan fingerprint density at radius 2 is 2.04 bits per heavy atom. The minimum Gasteiger partial charge on any atom is -0.480 e. The third-order valence-corrected chi connectivity index (χ3v) is 3.79. The molecular formula is C17H15NO6. The third kappa shape index (κ3) is 3.07. The normalized spacial score (nSPS) is 15.5. The molecule has 1 aliphatic rings. The van der Waals surface area contributed by atoms with Crippen LogP contribution in [0.2, 0.25) is 0 Å². The molecule has 0 bridgehead atoms. The number of fused-ring (bicyclic) bond motifs is 1. The number of ether oxygens (including phenoxy) is 2. The number of carbonyl (C=O) groups excluding carboxylic acids is 1. The number of nitro groups is 1. The van der Waals surface area contributed by atoms with E-state index < -0.39 is 17.0 Å². The van der Waals surface area contributed by atoms with Crippen LogP contribution in [0.25, 0.3) is 0 Å². The number of aliphatic hydroxyl groups excluding tert-OH is 1. The topological polar surface area (TPSA) is 98.9 Å². The Labute approximate surface area is 137 Å². The minimum atomic E-state index is -0.596. The summed E-state index contributed by atoms with van der Waals surface area (Å²) in [5.74, 6) is -0.541. The van der Waals surface area contributed by atoms with E-state index in [9.17, 15) is 20.0 Å². The zero-order valence-electron chi connectivity index (χ0n) is 12.7. The molecule has 0 saturated carbocycles. The van der Waals surface area contributed by atoms with Crippen molar-refractivity contribution in [3.63, 3.8) is 0 Å². The molecule has 0 radical (unpaired) electrons. The molecule has 1 unspecified atom stereocenters. The van der Waals surface area contributed by atoms with E-state index in [-0.39, 0.29) is 36.6 Å². The lowest BCUT2D eigenvalue weighted by atomic mass is 10.0. The van der Waals surface area contributed by atoms with Crippen molar-refractivity contribution in [2.45, 2.75) is 19.1 Å². The lowest BCUT2D eigenvalue weighted by Gasteiger charge is -2.08. The fraction of sp³-hybridized carbons (Fsp3) is 0.235. The van der Waals surface area contributed by atoms with Gasteiger partial charge in [-0.25, -0.2) is 4.79 Å². The van der Waals surface area contributed by atoms with Crippen LogP contribution < -0.4 is 4.74 Å². The molecule has 124 valence electrons.